The van der Waals surface area contributed by atoms with Crippen molar-refractivity contribution in [1.29, 1.82) is 0 Å². The van der Waals surface area contributed by atoms with Crippen LogP contribution in [0, 0.1) is 11.8 Å². The monoisotopic (exact) mass is 222 g/mol. The highest BCUT2D eigenvalue weighted by Crippen LogP contribution is 2.33. The second-order valence-electron chi connectivity index (χ2n) is 5.87. The van der Waals surface area contributed by atoms with Gasteiger partial charge < -0.3 is 10.2 Å². The molecule has 3 heteroatoms. The Balaban J connectivity index is 1.49. The molecule has 1 N–H and O–H groups in total. The van der Waals surface area contributed by atoms with Crippen LogP contribution in [0.1, 0.15) is 44.9 Å². The molecule has 0 bridgehead atoms. The number of carbonyl (C=O) groups is 1. The Morgan fingerprint density at radius 3 is 1.94 bits per heavy atom. The van der Waals surface area contributed by atoms with E-state index in [9.17, 15) is 4.79 Å². The molecule has 3 aliphatic rings. The average molecular weight is 222 g/mol. The Bertz CT molecular complexity index is 253. The van der Waals surface area contributed by atoms with Crippen LogP contribution in [0.3, 0.4) is 0 Å². The molecule has 3 rings (SSSR count). The lowest BCUT2D eigenvalue weighted by atomic mass is 9.93. The van der Waals surface area contributed by atoms with Gasteiger partial charge in [-0.15, -0.1) is 0 Å². The number of hydrogen-bond acceptors (Lipinski definition) is 1. The van der Waals surface area contributed by atoms with Crippen LogP contribution in [0.25, 0.3) is 0 Å². The smallest absolute Gasteiger partial charge is 0.317 e. The van der Waals surface area contributed by atoms with E-state index in [4.69, 9.17) is 0 Å². The maximum atomic E-state index is 12.1. The molecule has 3 fully saturated rings. The van der Waals surface area contributed by atoms with Crippen molar-refractivity contribution in [1.82, 2.24) is 10.2 Å². The second-order valence-corrected chi connectivity index (χ2v) is 5.87. The van der Waals surface area contributed by atoms with E-state index in [2.05, 4.69) is 10.2 Å². The summed E-state index contributed by atoms with van der Waals surface area (Å²) in [4.78, 5) is 14.2. The molecule has 90 valence electrons. The van der Waals surface area contributed by atoms with Gasteiger partial charge in [-0.1, -0.05) is 0 Å². The molecule has 0 aliphatic heterocycles. The van der Waals surface area contributed by atoms with Gasteiger partial charge in [0.15, 0.2) is 0 Å². The van der Waals surface area contributed by atoms with Crippen LogP contribution in [0.4, 0.5) is 4.79 Å². The molecule has 0 radical (unpaired) electrons. The summed E-state index contributed by atoms with van der Waals surface area (Å²) in [5.74, 6) is 1.62. The van der Waals surface area contributed by atoms with Crippen molar-refractivity contribution in [3.05, 3.63) is 0 Å². The molecular weight excluding hydrogens is 200 g/mol. The fraction of sp³-hybridized carbons (Fsp3) is 0.923. The summed E-state index contributed by atoms with van der Waals surface area (Å²) in [6, 6.07) is 0.692. The van der Waals surface area contributed by atoms with Gasteiger partial charge in [-0.2, -0.15) is 0 Å². The van der Waals surface area contributed by atoms with Crippen molar-refractivity contribution in [3.63, 3.8) is 0 Å². The standard InChI is InChI=1S/C13H22N2O/c16-13(14-12-2-1-3-12)15(8-10-4-5-10)9-11-6-7-11/h10-12H,1-9H2,(H,14,16). The number of rotatable bonds is 5. The lowest BCUT2D eigenvalue weighted by Crippen LogP contribution is -2.48. The van der Waals surface area contributed by atoms with E-state index in [1.165, 1.54) is 44.9 Å². The zero-order chi connectivity index (χ0) is 11.0. The summed E-state index contributed by atoms with van der Waals surface area (Å²) in [5.41, 5.74) is 0. The molecule has 0 aromatic carbocycles. The molecule has 3 saturated carbocycles. The predicted molar refractivity (Wildman–Crippen MR) is 63.2 cm³/mol. The van der Waals surface area contributed by atoms with Gasteiger partial charge in [-0.3, -0.25) is 0 Å². The third kappa shape index (κ3) is 2.69. The molecule has 3 aliphatic carbocycles. The number of amides is 2. The van der Waals surface area contributed by atoms with Crippen LogP contribution in [0.15, 0.2) is 0 Å². The van der Waals surface area contributed by atoms with Crippen LogP contribution >= 0.6 is 0 Å². The van der Waals surface area contributed by atoms with Gasteiger partial charge in [0.25, 0.3) is 0 Å². The fourth-order valence-corrected chi connectivity index (χ4v) is 2.28. The Morgan fingerprint density at radius 1 is 1.00 bits per heavy atom. The molecule has 0 saturated heterocycles. The molecule has 0 aromatic rings. The van der Waals surface area contributed by atoms with E-state index >= 15 is 0 Å². The van der Waals surface area contributed by atoms with Crippen molar-refractivity contribution < 1.29 is 4.79 Å². The minimum absolute atomic E-state index is 0.212. The van der Waals surface area contributed by atoms with E-state index < -0.39 is 0 Å². The van der Waals surface area contributed by atoms with Crippen molar-refractivity contribution in [3.8, 4) is 0 Å². The summed E-state index contributed by atoms with van der Waals surface area (Å²) in [6.45, 7) is 2.02. The Labute approximate surface area is 97.6 Å². The third-order valence-corrected chi connectivity index (χ3v) is 4.07. The lowest BCUT2D eigenvalue weighted by Gasteiger charge is -2.30. The van der Waals surface area contributed by atoms with Crippen molar-refractivity contribution in [2.75, 3.05) is 13.1 Å². The van der Waals surface area contributed by atoms with Crippen LogP contribution in [0.2, 0.25) is 0 Å². The predicted octanol–water partition coefficient (Wildman–Crippen LogP) is 2.37. The van der Waals surface area contributed by atoms with Crippen molar-refractivity contribution >= 4 is 6.03 Å². The Morgan fingerprint density at radius 2 is 1.56 bits per heavy atom. The van der Waals surface area contributed by atoms with Crippen LogP contribution < -0.4 is 5.32 Å². The fourth-order valence-electron chi connectivity index (χ4n) is 2.28. The summed E-state index contributed by atoms with van der Waals surface area (Å²) in [6.07, 6.45) is 8.99. The molecule has 0 atom stereocenters. The molecule has 0 spiro atoms. The number of nitrogens with zero attached hydrogens (tertiary/aromatic N) is 1. The van der Waals surface area contributed by atoms with E-state index in [1.54, 1.807) is 0 Å². The molecule has 16 heavy (non-hydrogen) atoms. The molecule has 0 heterocycles. The Kier molecular flexibility index (Phi) is 2.78. The summed E-state index contributed by atoms with van der Waals surface area (Å²) >= 11 is 0. The largest absolute Gasteiger partial charge is 0.335 e. The van der Waals surface area contributed by atoms with E-state index in [0.29, 0.717) is 6.04 Å². The quantitative estimate of drug-likeness (QED) is 0.761. The summed E-state index contributed by atoms with van der Waals surface area (Å²) in [5, 5.41) is 3.17. The summed E-state index contributed by atoms with van der Waals surface area (Å²) < 4.78 is 0. The first kappa shape index (κ1) is 10.4. The number of hydrogen-bond donors (Lipinski definition) is 1. The highest BCUT2D eigenvalue weighted by Gasteiger charge is 2.32. The van der Waals surface area contributed by atoms with Gasteiger partial charge in [0.2, 0.25) is 0 Å². The highest BCUT2D eigenvalue weighted by atomic mass is 16.2. The van der Waals surface area contributed by atoms with Gasteiger partial charge in [-0.25, -0.2) is 4.79 Å². The Hall–Kier alpha value is -0.730. The number of urea groups is 1. The number of carbonyl (C=O) groups excluding carboxylic acids is 1. The normalized spacial score (nSPS) is 25.0. The van der Waals surface area contributed by atoms with Crippen LogP contribution in [-0.2, 0) is 0 Å². The van der Waals surface area contributed by atoms with Gasteiger partial charge in [0.05, 0.1) is 0 Å². The first-order valence-corrected chi connectivity index (χ1v) is 6.86. The molecule has 3 nitrogen and oxygen atoms in total. The molecule has 0 unspecified atom stereocenters. The van der Waals surface area contributed by atoms with E-state index in [0.717, 1.165) is 24.9 Å². The summed E-state index contributed by atoms with van der Waals surface area (Å²) in [7, 11) is 0. The third-order valence-electron chi connectivity index (χ3n) is 4.07. The van der Waals surface area contributed by atoms with Gasteiger partial charge in [-0.05, 0) is 56.8 Å². The van der Waals surface area contributed by atoms with E-state index in [-0.39, 0.29) is 6.03 Å². The molecular formula is C13H22N2O. The van der Waals surface area contributed by atoms with Crippen molar-refractivity contribution in [2.45, 2.75) is 51.0 Å². The van der Waals surface area contributed by atoms with Gasteiger partial charge in [0.1, 0.15) is 0 Å². The zero-order valence-corrected chi connectivity index (χ0v) is 9.95. The maximum Gasteiger partial charge on any atom is 0.317 e. The number of nitrogens with one attached hydrogen (secondary N) is 1. The minimum Gasteiger partial charge on any atom is -0.335 e. The zero-order valence-electron chi connectivity index (χ0n) is 9.95. The first-order chi connectivity index (χ1) is 7.81. The van der Waals surface area contributed by atoms with Crippen LogP contribution in [-0.4, -0.2) is 30.1 Å². The maximum absolute atomic E-state index is 12.1. The lowest BCUT2D eigenvalue weighted by molar-refractivity contribution is 0.181. The van der Waals surface area contributed by atoms with Crippen LogP contribution in [0.5, 0.6) is 0 Å². The van der Waals surface area contributed by atoms with Gasteiger partial charge >= 0.3 is 6.03 Å². The SMILES string of the molecule is O=C(NC1CCC1)N(CC1CC1)CC1CC1. The van der Waals surface area contributed by atoms with Crippen molar-refractivity contribution in [2.24, 2.45) is 11.8 Å². The highest BCUT2D eigenvalue weighted by molar-refractivity contribution is 5.74. The molecule has 2 amide bonds. The van der Waals surface area contributed by atoms with Gasteiger partial charge in [0, 0.05) is 19.1 Å². The first-order valence-electron chi connectivity index (χ1n) is 6.86. The molecule has 0 aromatic heterocycles. The minimum atomic E-state index is 0.212. The van der Waals surface area contributed by atoms with E-state index in [1.807, 2.05) is 0 Å². The second kappa shape index (κ2) is 4.27. The average Bonchev–Trinajstić information content (AvgIpc) is 3.03. The topological polar surface area (TPSA) is 32.3 Å².